The lowest BCUT2D eigenvalue weighted by Gasteiger charge is -2.02. The van der Waals surface area contributed by atoms with Crippen LogP contribution < -0.4 is 16.7 Å². The first-order chi connectivity index (χ1) is 10.1. The Balaban J connectivity index is 2.01. The van der Waals surface area contributed by atoms with Gasteiger partial charge >= 0.3 is 5.69 Å². The number of rotatable bonds is 4. The molecular formula is C13H13N5O3. The number of nitrogens with zero attached hydrogens (tertiary/aromatic N) is 2. The van der Waals surface area contributed by atoms with Crippen molar-refractivity contribution in [1.29, 1.82) is 0 Å². The van der Waals surface area contributed by atoms with Gasteiger partial charge in [-0.3, -0.25) is 19.6 Å². The van der Waals surface area contributed by atoms with Crippen molar-refractivity contribution in [2.75, 3.05) is 0 Å². The average molecular weight is 287 g/mol. The number of nitrogens with one attached hydrogen (secondary N) is 3. The van der Waals surface area contributed by atoms with Crippen LogP contribution >= 0.6 is 0 Å². The highest BCUT2D eigenvalue weighted by Crippen LogP contribution is 1.96. The number of aromatic nitrogens is 3. The van der Waals surface area contributed by atoms with Crippen LogP contribution in [0.15, 0.2) is 39.2 Å². The van der Waals surface area contributed by atoms with Gasteiger partial charge in [-0.1, -0.05) is 6.07 Å². The molecule has 1 amide bonds. The number of carbonyl (C=O) groups is 1. The highest BCUT2D eigenvalue weighted by Gasteiger charge is 2.10. The van der Waals surface area contributed by atoms with E-state index in [0.717, 1.165) is 5.56 Å². The summed E-state index contributed by atoms with van der Waals surface area (Å²) in [6.45, 7) is 1.55. The Morgan fingerprint density at radius 2 is 2.24 bits per heavy atom. The van der Waals surface area contributed by atoms with Gasteiger partial charge in [0.25, 0.3) is 5.56 Å². The lowest BCUT2D eigenvalue weighted by molar-refractivity contribution is -0.120. The molecule has 0 saturated heterocycles. The summed E-state index contributed by atoms with van der Waals surface area (Å²) >= 11 is 0. The van der Waals surface area contributed by atoms with Crippen molar-refractivity contribution in [2.24, 2.45) is 5.10 Å². The van der Waals surface area contributed by atoms with Gasteiger partial charge in [-0.25, -0.2) is 10.2 Å². The number of aromatic amines is 2. The van der Waals surface area contributed by atoms with Crippen LogP contribution in [0.4, 0.5) is 0 Å². The fourth-order valence-corrected chi connectivity index (χ4v) is 1.67. The summed E-state index contributed by atoms with van der Waals surface area (Å²) in [4.78, 5) is 42.7. The summed E-state index contributed by atoms with van der Waals surface area (Å²) < 4.78 is 0. The van der Waals surface area contributed by atoms with E-state index >= 15 is 0 Å². The summed E-state index contributed by atoms with van der Waals surface area (Å²) in [5, 5.41) is 3.77. The Bertz CT molecular complexity index is 776. The molecule has 0 fully saturated rings. The molecule has 2 aromatic heterocycles. The van der Waals surface area contributed by atoms with Crippen molar-refractivity contribution < 1.29 is 4.79 Å². The van der Waals surface area contributed by atoms with Gasteiger partial charge < -0.3 is 4.98 Å². The van der Waals surface area contributed by atoms with Gasteiger partial charge in [-0.15, -0.1) is 0 Å². The minimum atomic E-state index is -0.601. The Labute approximate surface area is 119 Å². The van der Waals surface area contributed by atoms with Crippen LogP contribution in [0.25, 0.3) is 0 Å². The second kappa shape index (κ2) is 6.42. The Morgan fingerprint density at radius 3 is 2.90 bits per heavy atom. The summed E-state index contributed by atoms with van der Waals surface area (Å²) in [6, 6.07) is 3.52. The molecule has 3 N–H and O–H groups in total. The lowest BCUT2D eigenvalue weighted by atomic mass is 10.1. The number of hydrogen-bond acceptors (Lipinski definition) is 5. The van der Waals surface area contributed by atoms with E-state index in [0.29, 0.717) is 5.69 Å². The van der Waals surface area contributed by atoms with Crippen molar-refractivity contribution >= 4 is 12.1 Å². The van der Waals surface area contributed by atoms with E-state index in [1.165, 1.54) is 6.21 Å². The van der Waals surface area contributed by atoms with Gasteiger partial charge in [-0.05, 0) is 13.0 Å². The molecule has 0 saturated carbocycles. The first kappa shape index (κ1) is 14.4. The zero-order chi connectivity index (χ0) is 15.2. The molecule has 0 unspecified atom stereocenters. The Kier molecular flexibility index (Phi) is 4.39. The molecule has 0 aliphatic rings. The van der Waals surface area contributed by atoms with Gasteiger partial charge in [0.1, 0.15) is 0 Å². The van der Waals surface area contributed by atoms with Crippen LogP contribution in [0, 0.1) is 6.92 Å². The van der Waals surface area contributed by atoms with E-state index in [1.54, 1.807) is 31.5 Å². The largest absolute Gasteiger partial charge is 0.325 e. The summed E-state index contributed by atoms with van der Waals surface area (Å²) in [7, 11) is 0. The van der Waals surface area contributed by atoms with E-state index in [-0.39, 0.29) is 12.0 Å². The predicted octanol–water partition coefficient (Wildman–Crippen LogP) is -0.541. The van der Waals surface area contributed by atoms with Gasteiger partial charge in [0, 0.05) is 29.2 Å². The third-order valence-electron chi connectivity index (χ3n) is 2.68. The second-order valence-corrected chi connectivity index (χ2v) is 4.27. The van der Waals surface area contributed by atoms with Gasteiger partial charge in [0.15, 0.2) is 0 Å². The van der Waals surface area contributed by atoms with Crippen LogP contribution in [-0.2, 0) is 11.2 Å². The quantitative estimate of drug-likeness (QED) is 0.516. The molecule has 2 heterocycles. The van der Waals surface area contributed by atoms with Crippen molar-refractivity contribution in [3.63, 3.8) is 0 Å². The number of aryl methyl sites for hydroxylation is 1. The van der Waals surface area contributed by atoms with Crippen LogP contribution in [0.5, 0.6) is 0 Å². The third-order valence-corrected chi connectivity index (χ3v) is 2.68. The van der Waals surface area contributed by atoms with Crippen molar-refractivity contribution in [2.45, 2.75) is 13.3 Å². The second-order valence-electron chi connectivity index (χ2n) is 4.27. The molecule has 21 heavy (non-hydrogen) atoms. The number of hydrazone groups is 1. The monoisotopic (exact) mass is 287 g/mol. The zero-order valence-electron chi connectivity index (χ0n) is 11.2. The number of pyridine rings is 1. The van der Waals surface area contributed by atoms with E-state index in [4.69, 9.17) is 0 Å². The standard InChI is InChI=1S/C13H13N5O3/c1-8-10(12(20)17-13(21)16-8)5-11(19)18-15-7-9-3-2-4-14-6-9/h2-4,6-7H,5H2,1H3,(H,18,19)(H2,16,17,20,21)/b15-7-. The third kappa shape index (κ3) is 3.96. The topological polar surface area (TPSA) is 120 Å². The molecule has 8 heteroatoms. The van der Waals surface area contributed by atoms with E-state index in [2.05, 4.69) is 25.5 Å². The molecule has 0 aromatic carbocycles. The smallest absolute Gasteiger partial charge is 0.311 e. The maximum Gasteiger partial charge on any atom is 0.325 e. The molecule has 0 aliphatic heterocycles. The minimum Gasteiger partial charge on any atom is -0.311 e. The maximum absolute atomic E-state index is 11.7. The summed E-state index contributed by atoms with van der Waals surface area (Å²) in [5.74, 6) is -0.462. The Morgan fingerprint density at radius 1 is 1.43 bits per heavy atom. The van der Waals surface area contributed by atoms with E-state index < -0.39 is 17.2 Å². The van der Waals surface area contributed by atoms with Crippen LogP contribution in [0.2, 0.25) is 0 Å². The number of hydrogen-bond donors (Lipinski definition) is 3. The molecule has 0 radical (unpaired) electrons. The Hall–Kier alpha value is -3.03. The first-order valence-electron chi connectivity index (χ1n) is 6.10. The van der Waals surface area contributed by atoms with Crippen LogP contribution in [0.1, 0.15) is 16.8 Å². The molecule has 2 rings (SSSR count). The zero-order valence-corrected chi connectivity index (χ0v) is 11.2. The predicted molar refractivity (Wildman–Crippen MR) is 76.1 cm³/mol. The van der Waals surface area contributed by atoms with Crippen LogP contribution in [-0.4, -0.2) is 27.1 Å². The van der Waals surface area contributed by atoms with Crippen LogP contribution in [0.3, 0.4) is 0 Å². The molecule has 108 valence electrons. The minimum absolute atomic E-state index is 0.178. The first-order valence-corrected chi connectivity index (χ1v) is 6.10. The summed E-state index contributed by atoms with van der Waals surface area (Å²) in [6.07, 6.45) is 4.48. The molecule has 0 spiro atoms. The van der Waals surface area contributed by atoms with Crippen molar-refractivity contribution in [1.82, 2.24) is 20.4 Å². The molecule has 0 bridgehead atoms. The van der Waals surface area contributed by atoms with Gasteiger partial charge in [-0.2, -0.15) is 5.10 Å². The fraction of sp³-hybridized carbons (Fsp3) is 0.154. The van der Waals surface area contributed by atoms with Gasteiger partial charge in [0.2, 0.25) is 5.91 Å². The normalized spacial score (nSPS) is 10.7. The molecule has 2 aromatic rings. The molecule has 0 aliphatic carbocycles. The fourth-order valence-electron chi connectivity index (χ4n) is 1.67. The van der Waals surface area contributed by atoms with Crippen molar-refractivity contribution in [3.05, 3.63) is 62.2 Å². The molecule has 8 nitrogen and oxygen atoms in total. The summed E-state index contributed by atoms with van der Waals surface area (Å²) in [5.41, 5.74) is 2.41. The molecular weight excluding hydrogens is 274 g/mol. The van der Waals surface area contributed by atoms with E-state index in [9.17, 15) is 14.4 Å². The highest BCUT2D eigenvalue weighted by molar-refractivity contribution is 5.82. The maximum atomic E-state index is 11.7. The number of amides is 1. The number of H-pyrrole nitrogens is 2. The molecule has 0 atom stereocenters. The van der Waals surface area contributed by atoms with Gasteiger partial charge in [0.05, 0.1) is 12.6 Å². The van der Waals surface area contributed by atoms with E-state index in [1.807, 2.05) is 0 Å². The average Bonchev–Trinajstić information content (AvgIpc) is 2.44. The number of carbonyl (C=O) groups excluding carboxylic acids is 1. The highest BCUT2D eigenvalue weighted by atomic mass is 16.2. The SMILES string of the molecule is Cc1[nH]c(=O)[nH]c(=O)c1CC(=O)N/N=C\c1cccnc1. The lowest BCUT2D eigenvalue weighted by Crippen LogP contribution is -2.30. The van der Waals surface area contributed by atoms with Crippen molar-refractivity contribution in [3.8, 4) is 0 Å².